The highest BCUT2D eigenvalue weighted by Gasteiger charge is 2.23. The Morgan fingerprint density at radius 2 is 1.92 bits per heavy atom. The molecule has 8 heteroatoms. The number of rotatable bonds is 7. The van der Waals surface area contributed by atoms with Crippen molar-refractivity contribution in [3.63, 3.8) is 0 Å². The van der Waals surface area contributed by atoms with Crippen LogP contribution in [0, 0.1) is 23.0 Å². The third-order valence-corrected chi connectivity index (χ3v) is 3.41. The second kappa shape index (κ2) is 7.58. The molecular weight excluding hydrogens is 308 g/mol. The van der Waals surface area contributed by atoms with Crippen molar-refractivity contribution in [1.29, 1.82) is 0 Å². The van der Waals surface area contributed by atoms with Crippen molar-refractivity contribution >= 4 is 29.0 Å². The molecule has 1 aromatic heterocycles. The lowest BCUT2D eigenvalue weighted by Crippen LogP contribution is -2.12. The summed E-state index contributed by atoms with van der Waals surface area (Å²) in [7, 11) is 0. The number of nitrogens with one attached hydrogen (secondary N) is 2. The fourth-order valence-corrected chi connectivity index (χ4v) is 2.06. The maximum Gasteiger partial charge on any atom is 0.353 e. The molecule has 128 valence electrons. The van der Waals surface area contributed by atoms with Crippen molar-refractivity contribution in [1.82, 2.24) is 9.97 Å². The Kier molecular flexibility index (Phi) is 5.51. The number of nitrogen functional groups attached to an aromatic ring is 1. The van der Waals surface area contributed by atoms with Crippen LogP contribution in [0.5, 0.6) is 0 Å². The van der Waals surface area contributed by atoms with E-state index in [0.717, 1.165) is 12.0 Å². The van der Waals surface area contributed by atoms with Crippen molar-refractivity contribution in [2.24, 2.45) is 5.92 Å². The molecule has 24 heavy (non-hydrogen) atoms. The van der Waals surface area contributed by atoms with E-state index in [1.807, 2.05) is 31.2 Å². The molecule has 0 saturated carbocycles. The second-order valence-electron chi connectivity index (χ2n) is 5.99. The molecule has 1 aromatic carbocycles. The highest BCUT2D eigenvalue weighted by molar-refractivity contribution is 5.74. The van der Waals surface area contributed by atoms with Crippen LogP contribution < -0.4 is 16.4 Å². The summed E-state index contributed by atoms with van der Waals surface area (Å²) < 4.78 is 0. The predicted octanol–water partition coefficient (Wildman–Crippen LogP) is 3.48. The topological polar surface area (TPSA) is 119 Å². The van der Waals surface area contributed by atoms with Crippen LogP contribution in [0.1, 0.15) is 25.8 Å². The predicted molar refractivity (Wildman–Crippen MR) is 95.5 cm³/mol. The summed E-state index contributed by atoms with van der Waals surface area (Å²) in [5, 5.41) is 17.3. The van der Waals surface area contributed by atoms with Gasteiger partial charge in [-0.3, -0.25) is 10.1 Å². The summed E-state index contributed by atoms with van der Waals surface area (Å²) in [6, 6.07) is 7.45. The zero-order valence-electron chi connectivity index (χ0n) is 14.0. The number of benzene rings is 1. The maximum atomic E-state index is 11.3. The molecule has 0 atom stereocenters. The van der Waals surface area contributed by atoms with Gasteiger partial charge in [0.1, 0.15) is 0 Å². The molecular formula is C16H22N6O2. The summed E-state index contributed by atoms with van der Waals surface area (Å²) in [5.41, 5.74) is 7.21. The van der Waals surface area contributed by atoms with Gasteiger partial charge in [0.2, 0.25) is 17.6 Å². The first kappa shape index (κ1) is 17.5. The van der Waals surface area contributed by atoms with Crippen molar-refractivity contribution in [3.05, 3.63) is 39.9 Å². The third-order valence-electron chi connectivity index (χ3n) is 3.41. The van der Waals surface area contributed by atoms with Crippen LogP contribution in [-0.4, -0.2) is 21.4 Å². The number of aromatic nitrogens is 2. The molecule has 0 amide bonds. The van der Waals surface area contributed by atoms with Crippen molar-refractivity contribution in [3.8, 4) is 0 Å². The van der Waals surface area contributed by atoms with E-state index in [4.69, 9.17) is 5.73 Å². The highest BCUT2D eigenvalue weighted by Crippen LogP contribution is 2.31. The molecule has 0 saturated heterocycles. The highest BCUT2D eigenvalue weighted by atomic mass is 16.6. The van der Waals surface area contributed by atoms with Gasteiger partial charge in [0.15, 0.2) is 0 Å². The van der Waals surface area contributed by atoms with E-state index < -0.39 is 4.92 Å². The number of nitrogens with zero attached hydrogens (tertiary/aromatic N) is 3. The summed E-state index contributed by atoms with van der Waals surface area (Å²) >= 11 is 0. The van der Waals surface area contributed by atoms with Gasteiger partial charge in [-0.2, -0.15) is 9.97 Å². The van der Waals surface area contributed by atoms with Gasteiger partial charge in [-0.05, 0) is 31.4 Å². The van der Waals surface area contributed by atoms with Crippen LogP contribution in [0.3, 0.4) is 0 Å². The molecule has 0 aliphatic heterocycles. The molecule has 2 aromatic rings. The Balaban J connectivity index is 2.29. The molecule has 2 rings (SSSR count). The first-order valence-corrected chi connectivity index (χ1v) is 7.76. The Morgan fingerprint density at radius 3 is 2.50 bits per heavy atom. The summed E-state index contributed by atoms with van der Waals surface area (Å²) in [4.78, 5) is 18.9. The Labute approximate surface area is 140 Å². The first-order valence-electron chi connectivity index (χ1n) is 7.76. The SMILES string of the molecule is Cc1ccc(Nc2nc(NCCC(C)C)nc(N)c2[N+](=O)[O-])cc1. The van der Waals surface area contributed by atoms with Crippen LogP contribution in [0.2, 0.25) is 0 Å². The number of hydrogen-bond acceptors (Lipinski definition) is 7. The van der Waals surface area contributed by atoms with Crippen LogP contribution in [0.25, 0.3) is 0 Å². The normalized spacial score (nSPS) is 10.7. The Hall–Kier alpha value is -2.90. The van der Waals surface area contributed by atoms with Crippen LogP contribution in [-0.2, 0) is 0 Å². The summed E-state index contributed by atoms with van der Waals surface area (Å²) in [5.74, 6) is 0.700. The maximum absolute atomic E-state index is 11.3. The summed E-state index contributed by atoms with van der Waals surface area (Å²) in [6.45, 7) is 6.85. The Bertz CT molecular complexity index is 715. The van der Waals surface area contributed by atoms with Gasteiger partial charge in [-0.1, -0.05) is 31.5 Å². The fraction of sp³-hybridized carbons (Fsp3) is 0.375. The van der Waals surface area contributed by atoms with E-state index in [1.165, 1.54) is 0 Å². The minimum Gasteiger partial charge on any atom is -0.378 e. The van der Waals surface area contributed by atoms with Crippen LogP contribution in [0.4, 0.5) is 29.0 Å². The molecule has 0 radical (unpaired) electrons. The minimum absolute atomic E-state index is 0.0726. The number of anilines is 4. The van der Waals surface area contributed by atoms with Gasteiger partial charge in [-0.15, -0.1) is 0 Å². The quantitative estimate of drug-likeness (QED) is 0.525. The van der Waals surface area contributed by atoms with Crippen LogP contribution >= 0.6 is 0 Å². The van der Waals surface area contributed by atoms with Gasteiger partial charge in [0.05, 0.1) is 4.92 Å². The third kappa shape index (κ3) is 4.55. The van der Waals surface area contributed by atoms with Crippen LogP contribution in [0.15, 0.2) is 24.3 Å². The average molecular weight is 330 g/mol. The standard InChI is InChI=1S/C16H22N6O2/c1-10(2)8-9-18-16-20-14(17)13(22(23)24)15(21-16)19-12-6-4-11(3)5-7-12/h4-7,10H,8-9H2,1-3H3,(H4,17,18,19,20,21). The first-order chi connectivity index (χ1) is 11.4. The zero-order valence-corrected chi connectivity index (χ0v) is 14.0. The van der Waals surface area contributed by atoms with E-state index >= 15 is 0 Å². The van der Waals surface area contributed by atoms with Gasteiger partial charge < -0.3 is 16.4 Å². The second-order valence-corrected chi connectivity index (χ2v) is 5.99. The largest absolute Gasteiger partial charge is 0.378 e. The molecule has 4 N–H and O–H groups in total. The van der Waals surface area contributed by atoms with Crippen molar-refractivity contribution < 1.29 is 4.92 Å². The lowest BCUT2D eigenvalue weighted by Gasteiger charge is -2.11. The smallest absolute Gasteiger partial charge is 0.353 e. The van der Waals surface area contributed by atoms with Crippen molar-refractivity contribution in [2.45, 2.75) is 27.2 Å². The monoisotopic (exact) mass is 330 g/mol. The number of nitro groups is 1. The lowest BCUT2D eigenvalue weighted by molar-refractivity contribution is -0.383. The molecule has 0 fully saturated rings. The van der Waals surface area contributed by atoms with E-state index in [9.17, 15) is 10.1 Å². The van der Waals surface area contributed by atoms with Gasteiger partial charge in [-0.25, -0.2) is 0 Å². The average Bonchev–Trinajstić information content (AvgIpc) is 2.48. The molecule has 1 heterocycles. The molecule has 0 bridgehead atoms. The molecule has 0 unspecified atom stereocenters. The number of aryl methyl sites for hydroxylation is 1. The Morgan fingerprint density at radius 1 is 1.25 bits per heavy atom. The number of nitrogens with two attached hydrogens (primary N) is 1. The molecule has 0 spiro atoms. The van der Waals surface area contributed by atoms with E-state index in [0.29, 0.717) is 18.2 Å². The van der Waals surface area contributed by atoms with Gasteiger partial charge >= 0.3 is 5.69 Å². The molecule has 8 nitrogen and oxygen atoms in total. The van der Waals surface area contributed by atoms with Crippen molar-refractivity contribution in [2.75, 3.05) is 22.9 Å². The molecule has 0 aliphatic carbocycles. The fourth-order valence-electron chi connectivity index (χ4n) is 2.06. The minimum atomic E-state index is -0.580. The van der Waals surface area contributed by atoms with E-state index in [2.05, 4.69) is 34.4 Å². The number of hydrogen-bond donors (Lipinski definition) is 3. The van der Waals surface area contributed by atoms with E-state index in [1.54, 1.807) is 0 Å². The van der Waals surface area contributed by atoms with Gasteiger partial charge in [0, 0.05) is 12.2 Å². The molecule has 0 aliphatic rings. The zero-order chi connectivity index (χ0) is 17.7. The summed E-state index contributed by atoms with van der Waals surface area (Å²) in [6.07, 6.45) is 0.932. The lowest BCUT2D eigenvalue weighted by atomic mass is 10.1. The van der Waals surface area contributed by atoms with E-state index in [-0.39, 0.29) is 23.3 Å². The van der Waals surface area contributed by atoms with Gasteiger partial charge in [0.25, 0.3) is 0 Å².